The molecule has 0 saturated carbocycles. The lowest BCUT2D eigenvalue weighted by Crippen LogP contribution is -2.36. The number of nitrogens with two attached hydrogens (primary N) is 1. The van der Waals surface area contributed by atoms with E-state index in [9.17, 15) is 4.39 Å². The van der Waals surface area contributed by atoms with E-state index >= 15 is 0 Å². The average Bonchev–Trinajstić information content (AvgIpc) is 2.77. The molecule has 1 unspecified atom stereocenters. The maximum atomic E-state index is 12.9. The van der Waals surface area contributed by atoms with Crippen molar-refractivity contribution in [3.05, 3.63) is 47.8 Å². The molecule has 1 atom stereocenters. The van der Waals surface area contributed by atoms with Gasteiger partial charge in [0.2, 0.25) is 0 Å². The first-order valence-corrected chi connectivity index (χ1v) is 6.44. The molecule has 102 valence electrons. The van der Waals surface area contributed by atoms with Crippen LogP contribution in [0.15, 0.2) is 30.6 Å². The predicted molar refractivity (Wildman–Crippen MR) is 72.0 cm³/mol. The minimum absolute atomic E-state index is 0.256. The molecule has 0 fully saturated rings. The lowest BCUT2D eigenvalue weighted by atomic mass is 9.89. The second-order valence-electron chi connectivity index (χ2n) is 5.00. The van der Waals surface area contributed by atoms with Crippen LogP contribution in [0.2, 0.25) is 0 Å². The lowest BCUT2D eigenvalue weighted by molar-refractivity contribution is 0.450. The van der Waals surface area contributed by atoms with Crippen molar-refractivity contribution >= 4 is 0 Å². The van der Waals surface area contributed by atoms with Gasteiger partial charge in [0.1, 0.15) is 18.0 Å². The van der Waals surface area contributed by atoms with E-state index in [1.807, 2.05) is 11.6 Å². The Bertz CT molecular complexity index is 531. The van der Waals surface area contributed by atoms with Crippen molar-refractivity contribution in [3.8, 4) is 0 Å². The van der Waals surface area contributed by atoms with Crippen LogP contribution >= 0.6 is 0 Å². The van der Waals surface area contributed by atoms with Gasteiger partial charge in [-0.15, -0.1) is 0 Å². The zero-order valence-electron chi connectivity index (χ0n) is 11.3. The molecule has 4 nitrogen and oxygen atoms in total. The van der Waals surface area contributed by atoms with Crippen molar-refractivity contribution in [2.24, 2.45) is 5.73 Å². The molecule has 0 spiro atoms. The number of aromatic nitrogens is 3. The second kappa shape index (κ2) is 5.48. The number of hydrogen-bond acceptors (Lipinski definition) is 3. The third-order valence-corrected chi connectivity index (χ3v) is 3.16. The van der Waals surface area contributed by atoms with Gasteiger partial charge in [0.05, 0.1) is 0 Å². The van der Waals surface area contributed by atoms with Gasteiger partial charge in [0, 0.05) is 18.5 Å². The quantitative estimate of drug-likeness (QED) is 0.899. The highest BCUT2D eigenvalue weighted by atomic mass is 19.1. The van der Waals surface area contributed by atoms with E-state index < -0.39 is 5.54 Å². The maximum absolute atomic E-state index is 12.9. The van der Waals surface area contributed by atoms with Crippen molar-refractivity contribution in [1.29, 1.82) is 0 Å². The molecule has 1 aromatic carbocycles. The van der Waals surface area contributed by atoms with Crippen molar-refractivity contribution in [1.82, 2.24) is 14.8 Å². The molecule has 0 aliphatic heterocycles. The summed E-state index contributed by atoms with van der Waals surface area (Å²) in [6.45, 7) is 4.84. The third-order valence-electron chi connectivity index (χ3n) is 3.16. The Kier molecular flexibility index (Phi) is 3.95. The molecule has 0 radical (unpaired) electrons. The summed E-state index contributed by atoms with van der Waals surface area (Å²) in [6.07, 6.45) is 3.11. The lowest BCUT2D eigenvalue weighted by Gasteiger charge is -2.25. The molecular weight excluding hydrogens is 243 g/mol. The molecule has 2 rings (SSSR count). The van der Waals surface area contributed by atoms with Crippen LogP contribution in [0.3, 0.4) is 0 Å². The van der Waals surface area contributed by atoms with E-state index in [0.29, 0.717) is 6.42 Å². The molecule has 19 heavy (non-hydrogen) atoms. The van der Waals surface area contributed by atoms with Gasteiger partial charge in [-0.05, 0) is 31.0 Å². The number of halogens is 1. The highest BCUT2D eigenvalue weighted by Crippen LogP contribution is 2.22. The normalized spacial score (nSPS) is 14.3. The van der Waals surface area contributed by atoms with E-state index in [2.05, 4.69) is 17.0 Å². The Morgan fingerprint density at radius 3 is 2.63 bits per heavy atom. The molecule has 1 aromatic heterocycles. The van der Waals surface area contributed by atoms with Crippen molar-refractivity contribution in [2.75, 3.05) is 0 Å². The Morgan fingerprint density at radius 2 is 2.00 bits per heavy atom. The number of hydrogen-bond donors (Lipinski definition) is 1. The first-order valence-electron chi connectivity index (χ1n) is 6.44. The Balaban J connectivity index is 2.20. The first-order chi connectivity index (χ1) is 9.03. The summed E-state index contributed by atoms with van der Waals surface area (Å²) in [5.74, 6) is 0.602. The summed E-state index contributed by atoms with van der Waals surface area (Å²) < 4.78 is 14.8. The van der Waals surface area contributed by atoms with Crippen LogP contribution in [-0.2, 0) is 18.5 Å². The summed E-state index contributed by atoms with van der Waals surface area (Å²) in [5, 5.41) is 4.19. The van der Waals surface area contributed by atoms with Gasteiger partial charge in [0.25, 0.3) is 0 Å². The average molecular weight is 262 g/mol. The van der Waals surface area contributed by atoms with Crippen LogP contribution in [0, 0.1) is 5.82 Å². The summed E-state index contributed by atoms with van der Waals surface area (Å²) in [5.41, 5.74) is 6.64. The number of aryl methyl sites for hydroxylation is 1. The zero-order valence-corrected chi connectivity index (χ0v) is 11.3. The first kappa shape index (κ1) is 13.7. The molecular formula is C14H19FN4. The Morgan fingerprint density at radius 1 is 1.32 bits per heavy atom. The summed E-state index contributed by atoms with van der Waals surface area (Å²) in [7, 11) is 0. The Hall–Kier alpha value is -1.75. The fraction of sp³-hybridized carbons (Fsp3) is 0.429. The van der Waals surface area contributed by atoms with Gasteiger partial charge < -0.3 is 5.73 Å². The fourth-order valence-corrected chi connectivity index (χ4v) is 2.08. The van der Waals surface area contributed by atoms with E-state index in [0.717, 1.165) is 24.4 Å². The molecule has 2 N–H and O–H groups in total. The number of benzene rings is 1. The number of nitrogens with zero attached hydrogens (tertiary/aromatic N) is 3. The van der Waals surface area contributed by atoms with Gasteiger partial charge in [-0.25, -0.2) is 9.37 Å². The van der Waals surface area contributed by atoms with Gasteiger partial charge in [-0.3, -0.25) is 4.68 Å². The summed E-state index contributed by atoms with van der Waals surface area (Å²) in [4.78, 5) is 4.26. The SMILES string of the molecule is CCCn1ncnc1CC(C)(N)c1ccc(F)cc1. The van der Waals surface area contributed by atoms with Crippen LogP contribution < -0.4 is 5.73 Å². The number of rotatable bonds is 5. The van der Waals surface area contributed by atoms with Gasteiger partial charge >= 0.3 is 0 Å². The predicted octanol–water partition coefficient (Wildman–Crippen LogP) is 2.24. The maximum Gasteiger partial charge on any atom is 0.138 e. The topological polar surface area (TPSA) is 56.7 Å². The largest absolute Gasteiger partial charge is 0.321 e. The van der Waals surface area contributed by atoms with Gasteiger partial charge in [-0.2, -0.15) is 5.10 Å². The summed E-state index contributed by atoms with van der Waals surface area (Å²) >= 11 is 0. The minimum atomic E-state index is -0.591. The molecule has 0 saturated heterocycles. The van der Waals surface area contributed by atoms with Crippen LogP contribution in [0.5, 0.6) is 0 Å². The van der Waals surface area contributed by atoms with Crippen LogP contribution in [-0.4, -0.2) is 14.8 Å². The fourth-order valence-electron chi connectivity index (χ4n) is 2.08. The molecule has 0 amide bonds. The van der Waals surface area contributed by atoms with Crippen LogP contribution in [0.25, 0.3) is 0 Å². The molecule has 0 aliphatic rings. The molecule has 1 heterocycles. The molecule has 2 aromatic rings. The van der Waals surface area contributed by atoms with E-state index in [1.54, 1.807) is 18.5 Å². The third kappa shape index (κ3) is 3.17. The highest BCUT2D eigenvalue weighted by molar-refractivity contribution is 5.25. The highest BCUT2D eigenvalue weighted by Gasteiger charge is 2.24. The van der Waals surface area contributed by atoms with Crippen molar-refractivity contribution < 1.29 is 4.39 Å². The summed E-state index contributed by atoms with van der Waals surface area (Å²) in [6, 6.07) is 6.29. The monoisotopic (exact) mass is 262 g/mol. The molecule has 0 bridgehead atoms. The second-order valence-corrected chi connectivity index (χ2v) is 5.00. The smallest absolute Gasteiger partial charge is 0.138 e. The Labute approximate surface area is 112 Å². The standard InChI is InChI=1S/C14H19FN4/c1-3-8-19-13(17-10-18-19)9-14(2,16)11-4-6-12(15)7-5-11/h4-7,10H,3,8-9,16H2,1-2H3. The van der Waals surface area contributed by atoms with E-state index in [-0.39, 0.29) is 5.82 Å². The van der Waals surface area contributed by atoms with Gasteiger partial charge in [0.15, 0.2) is 0 Å². The van der Waals surface area contributed by atoms with E-state index in [1.165, 1.54) is 12.1 Å². The van der Waals surface area contributed by atoms with Crippen molar-refractivity contribution in [3.63, 3.8) is 0 Å². The van der Waals surface area contributed by atoms with Crippen LogP contribution in [0.1, 0.15) is 31.7 Å². The van der Waals surface area contributed by atoms with E-state index in [4.69, 9.17) is 5.73 Å². The zero-order chi connectivity index (χ0) is 13.9. The van der Waals surface area contributed by atoms with Gasteiger partial charge in [-0.1, -0.05) is 19.1 Å². The molecule has 5 heteroatoms. The van der Waals surface area contributed by atoms with Crippen LogP contribution in [0.4, 0.5) is 4.39 Å². The molecule has 0 aliphatic carbocycles. The minimum Gasteiger partial charge on any atom is -0.321 e. The van der Waals surface area contributed by atoms with Crippen molar-refractivity contribution in [2.45, 2.75) is 38.8 Å².